The van der Waals surface area contributed by atoms with Crippen LogP contribution < -0.4 is 26.6 Å². The number of hydrogen-bond donors (Lipinski definition) is 3. The third kappa shape index (κ3) is 14.8. The number of esters is 1. The maximum atomic E-state index is 14.2. The van der Waals surface area contributed by atoms with Gasteiger partial charge in [0.25, 0.3) is 17.8 Å². The van der Waals surface area contributed by atoms with E-state index in [1.165, 1.54) is 92.2 Å². The Balaban J connectivity index is 0.000000162. The van der Waals surface area contributed by atoms with Gasteiger partial charge in [0.1, 0.15) is 51.5 Å². The molecule has 0 bridgehead atoms. The first-order valence-corrected chi connectivity index (χ1v) is 26.8. The van der Waals surface area contributed by atoms with E-state index in [4.69, 9.17) is 10.8 Å². The number of piperidine rings is 3. The molecule has 37 heteroatoms. The number of primary amides is 1. The minimum atomic E-state index is -4.57. The zero-order chi connectivity index (χ0) is 65.8. The highest BCUT2D eigenvalue weighted by Crippen LogP contribution is 2.39. The Bertz CT molecular complexity index is 4020. The van der Waals surface area contributed by atoms with Gasteiger partial charge in [0, 0.05) is 76.1 Å². The molecular weight excluding hydrogens is 1260 g/mol. The van der Waals surface area contributed by atoms with Crippen LogP contribution in [0.2, 0.25) is 0 Å². The average molecular weight is 1310 g/mol. The van der Waals surface area contributed by atoms with Crippen LogP contribution in [0.25, 0.3) is 51.5 Å². The molecule has 0 aromatic carbocycles. The summed E-state index contributed by atoms with van der Waals surface area (Å²) in [6, 6.07) is 10.4. The van der Waals surface area contributed by atoms with Crippen LogP contribution in [-0.2, 0) is 37.6 Å². The fraction of sp³-hybridized carbons (Fsp3) is 0.345. The van der Waals surface area contributed by atoms with Gasteiger partial charge in [-0.15, -0.1) is 0 Å². The SMILES string of the molecule is COC(=O)C1CN(c2ccnc(-c3cnc4ccc(C(F)(F)F)cn34)n2)CC(F)(F)C1.N.NC(=O)C1CN(c2ccnc(-c3cnc4ccc(C(F)(F)F)cn34)n2)CC(F)(F)C1.O=C(O)C1CN(c2ccnc(-c3cnc4ccc(C(F)(F)F)cn34)n2)CC(F)(F)C1. The normalized spacial score (nSPS) is 18.9. The van der Waals surface area contributed by atoms with Crippen molar-refractivity contribution in [3.05, 3.63) is 127 Å². The maximum Gasteiger partial charge on any atom is 0.417 e. The van der Waals surface area contributed by atoms with E-state index < -0.39 is 127 Å². The molecule has 22 nitrogen and oxygen atoms in total. The molecule has 1 amide bonds. The Morgan fingerprint density at radius 2 is 0.793 bits per heavy atom. The molecule has 3 saturated heterocycles. The number of rotatable bonds is 9. The first-order valence-electron chi connectivity index (χ1n) is 26.8. The summed E-state index contributed by atoms with van der Waals surface area (Å²) in [5.74, 6) is -15.6. The molecule has 0 aliphatic carbocycles. The highest BCUT2D eigenvalue weighted by atomic mass is 19.4. The van der Waals surface area contributed by atoms with Crippen LogP contribution in [-0.4, -0.2) is 145 Å². The van der Waals surface area contributed by atoms with Gasteiger partial charge in [-0.2, -0.15) is 39.5 Å². The summed E-state index contributed by atoms with van der Waals surface area (Å²) in [5.41, 5.74) is 3.72. The smallest absolute Gasteiger partial charge is 0.417 e. The standard InChI is InChI=1S/C19H16F5N5O2.C18H15F5N6O.C18H14F5N5O2.H3N/c1-31-17(30)11-6-18(20,21)10-28(8-11)15-4-5-25-16(27-15)13-7-26-14-3-2-12(9-29(13)14)19(22,23)24;19-17(20)5-10(15(24)30)7-28(9-17)14-3-4-25-16(27-14)12-6-26-13-2-1-11(8-29(12)13)18(21,22)23;19-17(20)5-10(16(29)30)7-27(9-17)14-3-4-24-15(26-14)12-6-25-13-2-1-11(8-28(12)13)18(21,22)23;/h2-5,7,9,11H,6,8,10H2,1H3;1-4,6,8,10H,5,7,9H2,(H2,24,30);1-4,6,8,10H,5,7,9H2,(H,29,30);1H3. The zero-order valence-electron chi connectivity index (χ0n) is 47.2. The molecule has 3 atom stereocenters. The molecule has 12 heterocycles. The van der Waals surface area contributed by atoms with Crippen LogP contribution in [0.15, 0.2) is 110 Å². The predicted octanol–water partition coefficient (Wildman–Crippen LogP) is 9.72. The Morgan fingerprint density at radius 3 is 1.10 bits per heavy atom. The van der Waals surface area contributed by atoms with Gasteiger partial charge in [0.2, 0.25) is 5.91 Å². The number of imidazole rings is 3. The Morgan fingerprint density at radius 1 is 0.489 bits per heavy atom. The van der Waals surface area contributed by atoms with Crippen molar-refractivity contribution in [2.75, 3.05) is 61.1 Å². The van der Waals surface area contributed by atoms with Crippen molar-refractivity contribution >= 4 is 52.2 Å². The molecule has 12 rings (SSSR count). The van der Waals surface area contributed by atoms with E-state index >= 15 is 0 Å². The van der Waals surface area contributed by atoms with E-state index in [1.54, 1.807) is 0 Å². The number of hydrogen-bond acceptors (Lipinski definition) is 17. The largest absolute Gasteiger partial charge is 0.481 e. The summed E-state index contributed by atoms with van der Waals surface area (Å²) >= 11 is 0. The summed E-state index contributed by atoms with van der Waals surface area (Å²) in [4.78, 5) is 75.0. The van der Waals surface area contributed by atoms with E-state index in [1.807, 2.05) is 0 Å². The van der Waals surface area contributed by atoms with Crippen LogP contribution in [0.3, 0.4) is 0 Å². The molecule has 9 aromatic heterocycles. The molecular formula is C55H48F15N17O5. The number of pyridine rings is 3. The first-order chi connectivity index (χ1) is 42.6. The van der Waals surface area contributed by atoms with Gasteiger partial charge >= 0.3 is 30.5 Å². The lowest BCUT2D eigenvalue weighted by atomic mass is 9.94. The highest BCUT2D eigenvalue weighted by molar-refractivity contribution is 5.78. The van der Waals surface area contributed by atoms with Crippen molar-refractivity contribution in [1.29, 1.82) is 0 Å². The van der Waals surface area contributed by atoms with E-state index in [0.29, 0.717) is 0 Å². The maximum absolute atomic E-state index is 14.2. The number of halogens is 15. The number of fused-ring (bicyclic) bond motifs is 3. The lowest BCUT2D eigenvalue weighted by molar-refractivity contribution is -0.150. The van der Waals surface area contributed by atoms with Crippen molar-refractivity contribution in [3.63, 3.8) is 0 Å². The molecule has 3 unspecified atom stereocenters. The fourth-order valence-electron chi connectivity index (χ4n) is 10.4. The molecule has 0 spiro atoms. The molecule has 488 valence electrons. The third-order valence-electron chi connectivity index (χ3n) is 14.6. The molecule has 3 aliphatic heterocycles. The molecule has 0 saturated carbocycles. The van der Waals surface area contributed by atoms with Crippen molar-refractivity contribution in [2.24, 2.45) is 23.5 Å². The summed E-state index contributed by atoms with van der Waals surface area (Å²) in [6.07, 6.45) is -5.39. The topological polar surface area (TPSA) is 281 Å². The number of aliphatic carboxylic acids is 1. The number of amides is 1. The Hall–Kier alpha value is -9.97. The first kappa shape index (κ1) is 66.4. The number of carbonyl (C=O) groups excluding carboxylic acids is 2. The van der Waals surface area contributed by atoms with Gasteiger partial charge < -0.3 is 36.4 Å². The second-order valence-electron chi connectivity index (χ2n) is 21.3. The number of aromatic nitrogens is 12. The van der Waals surface area contributed by atoms with Crippen LogP contribution in [0, 0.1) is 17.8 Å². The van der Waals surface area contributed by atoms with Gasteiger partial charge in [-0.25, -0.2) is 71.2 Å². The summed E-state index contributed by atoms with van der Waals surface area (Å²) in [6.45, 7) is -2.32. The molecule has 9 aromatic rings. The van der Waals surface area contributed by atoms with Crippen molar-refractivity contribution in [1.82, 2.24) is 64.2 Å². The number of anilines is 3. The molecule has 92 heavy (non-hydrogen) atoms. The zero-order valence-corrected chi connectivity index (χ0v) is 47.2. The van der Waals surface area contributed by atoms with E-state index in [2.05, 4.69) is 49.6 Å². The van der Waals surface area contributed by atoms with Crippen molar-refractivity contribution < 1.29 is 90.1 Å². The van der Waals surface area contributed by atoms with Gasteiger partial charge in [0.15, 0.2) is 17.5 Å². The van der Waals surface area contributed by atoms with E-state index in [9.17, 15) is 80.2 Å². The van der Waals surface area contributed by atoms with Crippen LogP contribution in [0.4, 0.5) is 83.3 Å². The van der Waals surface area contributed by atoms with Crippen molar-refractivity contribution in [2.45, 2.75) is 55.6 Å². The number of carboxylic acids is 1. The van der Waals surface area contributed by atoms with E-state index in [-0.39, 0.29) is 94.7 Å². The van der Waals surface area contributed by atoms with Gasteiger partial charge in [-0.05, 0) is 54.6 Å². The minimum Gasteiger partial charge on any atom is -0.481 e. The van der Waals surface area contributed by atoms with Gasteiger partial charge in [-0.3, -0.25) is 27.6 Å². The van der Waals surface area contributed by atoms with Crippen LogP contribution in [0.5, 0.6) is 0 Å². The summed E-state index contributed by atoms with van der Waals surface area (Å²) < 4.78 is 210. The molecule has 6 N–H and O–H groups in total. The Labute approximate surface area is 507 Å². The fourth-order valence-corrected chi connectivity index (χ4v) is 10.4. The number of ether oxygens (including phenoxy) is 1. The lowest BCUT2D eigenvalue weighted by Crippen LogP contribution is -2.50. The quantitative estimate of drug-likeness (QED) is 0.0895. The predicted molar refractivity (Wildman–Crippen MR) is 293 cm³/mol. The highest BCUT2D eigenvalue weighted by Gasteiger charge is 2.46. The molecule has 3 aliphatic rings. The summed E-state index contributed by atoms with van der Waals surface area (Å²) in [5, 5.41) is 9.15. The van der Waals surface area contributed by atoms with Gasteiger partial charge in [0.05, 0.1) is 79.8 Å². The van der Waals surface area contributed by atoms with Crippen LogP contribution >= 0.6 is 0 Å². The second kappa shape index (κ2) is 25.0. The average Bonchev–Trinajstić information content (AvgIpc) is 1.51. The minimum absolute atomic E-state index is 0. The van der Waals surface area contributed by atoms with E-state index in [0.717, 1.165) is 53.2 Å². The number of alkyl halides is 15. The Kier molecular flexibility index (Phi) is 18.1. The number of nitrogens with two attached hydrogens (primary N) is 1. The van der Waals surface area contributed by atoms with Crippen LogP contribution in [0.1, 0.15) is 36.0 Å². The summed E-state index contributed by atoms with van der Waals surface area (Å²) in [7, 11) is 1.13. The number of methoxy groups -OCH3 is 1. The second-order valence-corrected chi connectivity index (χ2v) is 21.3. The van der Waals surface area contributed by atoms with Gasteiger partial charge in [-0.1, -0.05) is 0 Å². The monoisotopic (exact) mass is 1310 g/mol. The third-order valence-corrected chi connectivity index (χ3v) is 14.6. The molecule has 3 fully saturated rings. The van der Waals surface area contributed by atoms with Crippen molar-refractivity contribution in [3.8, 4) is 34.6 Å². The number of nitrogens with zero attached hydrogens (tertiary/aromatic N) is 15. The lowest BCUT2D eigenvalue weighted by Gasteiger charge is -2.37. The number of carboxylic acid groups (broad SMARTS) is 1. The number of carbonyl (C=O) groups is 3. The molecule has 0 radical (unpaired) electrons.